The average molecular weight is 783 g/mol. The fourth-order valence-corrected chi connectivity index (χ4v) is 13.1. The van der Waals surface area contributed by atoms with Crippen LogP contribution in [0, 0.1) is 39.4 Å². The summed E-state index contributed by atoms with van der Waals surface area (Å²) in [5, 5.41) is 38.9. The van der Waals surface area contributed by atoms with Gasteiger partial charge in [0.15, 0.2) is 18.5 Å². The highest BCUT2D eigenvalue weighted by atomic mass is 16.7. The van der Waals surface area contributed by atoms with Gasteiger partial charge in [-0.05, 0) is 44.9 Å². The van der Waals surface area contributed by atoms with Gasteiger partial charge in [-0.15, -0.1) is 0 Å². The summed E-state index contributed by atoms with van der Waals surface area (Å²) in [6.07, 6.45) is -10.6. The van der Waals surface area contributed by atoms with E-state index in [4.69, 9.17) is 37.9 Å². The first kappa shape index (κ1) is 41.3. The van der Waals surface area contributed by atoms with Gasteiger partial charge in [-0.1, -0.05) is 20.8 Å². The maximum absolute atomic E-state index is 13.9. The molecule has 0 bridgehead atoms. The highest BCUT2D eigenvalue weighted by Gasteiger charge is 2.93. The molecule has 17 heteroatoms. The predicted octanol–water partition coefficient (Wildman–Crippen LogP) is 0.885. The maximum Gasteiger partial charge on any atom is 0.341 e. The lowest BCUT2D eigenvalue weighted by molar-refractivity contribution is -0.389. The van der Waals surface area contributed by atoms with E-state index in [0.29, 0.717) is 0 Å². The molecule has 0 radical (unpaired) electrons. The summed E-state index contributed by atoms with van der Waals surface area (Å²) in [6.45, 7) is 13.1. The fourth-order valence-electron chi connectivity index (χ4n) is 13.1. The average Bonchev–Trinajstić information content (AvgIpc) is 3.77. The zero-order valence-electron chi connectivity index (χ0n) is 33.2. The molecule has 6 rings (SSSR count). The van der Waals surface area contributed by atoms with Crippen LogP contribution in [0.4, 0.5) is 0 Å². The van der Waals surface area contributed by atoms with E-state index in [-0.39, 0.29) is 19.3 Å². The first-order valence-electron chi connectivity index (χ1n) is 18.7. The summed E-state index contributed by atoms with van der Waals surface area (Å²) in [6, 6.07) is 0. The van der Waals surface area contributed by atoms with Crippen molar-refractivity contribution in [2.24, 2.45) is 39.4 Å². The second-order valence-electron chi connectivity index (χ2n) is 17.3. The number of methoxy groups -OCH3 is 1. The van der Waals surface area contributed by atoms with Crippen molar-refractivity contribution in [3.8, 4) is 0 Å². The molecule has 0 aromatic heterocycles. The number of carbonyl (C=O) groups is 6. The molecular formula is C38H54O17. The molecule has 55 heavy (non-hydrogen) atoms. The molecule has 4 saturated carbocycles. The Balaban J connectivity index is 1.72. The van der Waals surface area contributed by atoms with Crippen molar-refractivity contribution in [3.63, 3.8) is 0 Å². The standard InChI is InChI=1S/C38H54O17/c1-16-14-36(46)23-12-13-32(8)25(24(51-19(4)40)27(52-20(5)41)35(17(2)50-18(3)39)15-49-31(45)38(32,35)47)33(23,9)28(53-21(6)42)29(54-22(7)43)34(36,10)37(26(16)55-37)30(44)48-11/h16-17,23-29,31,45-47H,12-15H2,1-11H3/t16?,17-,23?,24?,25?,26?,27?,28?,29?,31?,32?,33?,34?,35?,36?,37?,38?/m1/s1. The Morgan fingerprint density at radius 2 is 1.35 bits per heavy atom. The zero-order valence-corrected chi connectivity index (χ0v) is 33.2. The molecule has 4 aliphatic carbocycles. The van der Waals surface area contributed by atoms with Gasteiger partial charge in [-0.25, -0.2) is 4.79 Å². The third-order valence-electron chi connectivity index (χ3n) is 14.9. The zero-order chi connectivity index (χ0) is 41.2. The normalized spacial score (nSPS) is 49.5. The largest absolute Gasteiger partial charge is 0.467 e. The minimum Gasteiger partial charge on any atom is -0.467 e. The number of epoxide rings is 1. The van der Waals surface area contributed by atoms with Crippen molar-refractivity contribution in [3.05, 3.63) is 0 Å². The summed E-state index contributed by atoms with van der Waals surface area (Å²) in [5.74, 6) is -7.84. The van der Waals surface area contributed by atoms with Crippen molar-refractivity contribution in [1.82, 2.24) is 0 Å². The molecule has 16 unspecified atom stereocenters. The summed E-state index contributed by atoms with van der Waals surface area (Å²) in [5.41, 5.74) is -13.5. The molecule has 0 amide bonds. The van der Waals surface area contributed by atoms with E-state index in [2.05, 4.69) is 0 Å². The molecule has 0 aromatic carbocycles. The van der Waals surface area contributed by atoms with Gasteiger partial charge in [-0.3, -0.25) is 24.0 Å². The van der Waals surface area contributed by atoms with Crippen LogP contribution in [0.15, 0.2) is 0 Å². The lowest BCUT2D eigenvalue weighted by Crippen LogP contribution is -2.87. The Bertz CT molecular complexity index is 1680. The van der Waals surface area contributed by atoms with Crippen LogP contribution in [0.25, 0.3) is 0 Å². The summed E-state index contributed by atoms with van der Waals surface area (Å²) >= 11 is 0. The van der Waals surface area contributed by atoms with Gasteiger partial charge in [-0.2, -0.15) is 0 Å². The number of hydrogen-bond donors (Lipinski definition) is 3. The van der Waals surface area contributed by atoms with E-state index >= 15 is 0 Å². The molecular weight excluding hydrogens is 728 g/mol. The molecule has 2 aliphatic heterocycles. The van der Waals surface area contributed by atoms with E-state index < -0.39 is 142 Å². The smallest absolute Gasteiger partial charge is 0.341 e. The molecule has 0 spiro atoms. The number of hydrogen-bond acceptors (Lipinski definition) is 17. The van der Waals surface area contributed by atoms with Crippen LogP contribution in [0.3, 0.4) is 0 Å². The first-order chi connectivity index (χ1) is 25.3. The van der Waals surface area contributed by atoms with Gasteiger partial charge in [0, 0.05) is 51.4 Å². The molecule has 0 aromatic rings. The van der Waals surface area contributed by atoms with Crippen LogP contribution < -0.4 is 0 Å². The third-order valence-corrected chi connectivity index (χ3v) is 14.9. The molecule has 2 saturated heterocycles. The van der Waals surface area contributed by atoms with Crippen LogP contribution >= 0.6 is 0 Å². The Kier molecular flexibility index (Phi) is 9.61. The lowest BCUT2D eigenvalue weighted by atomic mass is 9.30. The molecule has 2 heterocycles. The predicted molar refractivity (Wildman–Crippen MR) is 182 cm³/mol. The number of ether oxygens (including phenoxy) is 8. The van der Waals surface area contributed by atoms with Crippen LogP contribution in [-0.2, 0) is 66.7 Å². The van der Waals surface area contributed by atoms with Crippen molar-refractivity contribution < 1.29 is 82.0 Å². The molecule has 3 N–H and O–H groups in total. The highest BCUT2D eigenvalue weighted by molar-refractivity contribution is 5.86. The van der Waals surface area contributed by atoms with Gasteiger partial charge in [0.1, 0.15) is 35.4 Å². The minimum atomic E-state index is -2.47. The van der Waals surface area contributed by atoms with E-state index in [9.17, 15) is 44.1 Å². The first-order valence-corrected chi connectivity index (χ1v) is 18.7. The second-order valence-corrected chi connectivity index (χ2v) is 17.3. The molecule has 17 nitrogen and oxygen atoms in total. The summed E-state index contributed by atoms with van der Waals surface area (Å²) in [7, 11) is 1.17. The van der Waals surface area contributed by atoms with E-state index in [1.165, 1.54) is 14.0 Å². The van der Waals surface area contributed by atoms with Crippen LogP contribution in [0.5, 0.6) is 0 Å². The number of fused-ring (bicyclic) bond motifs is 9. The topological polar surface area (TPSA) is 240 Å². The Morgan fingerprint density at radius 3 is 1.87 bits per heavy atom. The molecule has 6 fully saturated rings. The Hall–Kier alpha value is -3.38. The Labute approximate surface area is 318 Å². The van der Waals surface area contributed by atoms with Gasteiger partial charge >= 0.3 is 35.8 Å². The highest BCUT2D eigenvalue weighted by Crippen LogP contribution is 2.80. The van der Waals surface area contributed by atoms with Crippen molar-refractivity contribution in [2.45, 2.75) is 148 Å². The lowest BCUT2D eigenvalue weighted by Gasteiger charge is -2.75. The van der Waals surface area contributed by atoms with E-state index in [1.807, 2.05) is 0 Å². The SMILES string of the molecule is COC(=O)C12OC1C(C)CC1(O)C3CCC4(C)C(C(OC(C)=O)C(OC(C)=O)C5([C@@H](C)OC(C)=O)COC(O)C45O)C3(C)C(OC(C)=O)C(OC(C)=O)C12C. The summed E-state index contributed by atoms with van der Waals surface area (Å²) in [4.78, 5) is 79.3. The molecule has 6 aliphatic rings. The minimum absolute atomic E-state index is 0.00378. The van der Waals surface area contributed by atoms with Crippen molar-refractivity contribution in [2.75, 3.05) is 13.7 Å². The fraction of sp³-hybridized carbons (Fsp3) is 0.842. The number of aliphatic hydroxyl groups excluding tert-OH is 1. The van der Waals surface area contributed by atoms with E-state index in [1.54, 1.807) is 27.7 Å². The van der Waals surface area contributed by atoms with Gasteiger partial charge < -0.3 is 53.2 Å². The third kappa shape index (κ3) is 4.88. The number of aliphatic hydroxyl groups is 3. The van der Waals surface area contributed by atoms with E-state index in [0.717, 1.165) is 34.6 Å². The van der Waals surface area contributed by atoms with Gasteiger partial charge in [0.05, 0.1) is 24.7 Å². The van der Waals surface area contributed by atoms with Gasteiger partial charge in [0.2, 0.25) is 5.60 Å². The number of esters is 6. The molecule has 308 valence electrons. The number of rotatable bonds is 7. The van der Waals surface area contributed by atoms with Crippen LogP contribution in [0.2, 0.25) is 0 Å². The van der Waals surface area contributed by atoms with Crippen molar-refractivity contribution >= 4 is 35.8 Å². The maximum atomic E-state index is 13.9. The summed E-state index contributed by atoms with van der Waals surface area (Å²) < 4.78 is 47.6. The quantitative estimate of drug-likeness (QED) is 0.185. The second kappa shape index (κ2) is 12.8. The monoisotopic (exact) mass is 782 g/mol. The molecule has 17 atom stereocenters. The van der Waals surface area contributed by atoms with Crippen LogP contribution in [-0.4, -0.2) is 125 Å². The number of carbonyl (C=O) groups excluding carboxylic acids is 6. The van der Waals surface area contributed by atoms with Crippen LogP contribution in [0.1, 0.15) is 88.5 Å². The van der Waals surface area contributed by atoms with Crippen molar-refractivity contribution in [1.29, 1.82) is 0 Å². The Morgan fingerprint density at radius 1 is 0.800 bits per heavy atom. The van der Waals surface area contributed by atoms with Gasteiger partial charge in [0.25, 0.3) is 0 Å².